The Kier molecular flexibility index (Phi) is 4.83. The summed E-state index contributed by atoms with van der Waals surface area (Å²) in [6.45, 7) is 10.2. The normalized spacial score (nSPS) is 11.1. The van der Waals surface area contributed by atoms with Crippen molar-refractivity contribution in [1.29, 1.82) is 0 Å². The van der Waals surface area contributed by atoms with Crippen LogP contribution in [0.25, 0.3) is 0 Å². The Morgan fingerprint density at radius 1 is 1.19 bits per heavy atom. The topological polar surface area (TPSA) is 47.8 Å². The molecule has 4 nitrogen and oxygen atoms in total. The first-order valence-electron chi connectivity index (χ1n) is 7.03. The molecule has 0 fully saturated rings. The van der Waals surface area contributed by atoms with Gasteiger partial charge in [0.2, 0.25) is 0 Å². The lowest BCUT2D eigenvalue weighted by Crippen LogP contribution is -2.08. The van der Waals surface area contributed by atoms with Gasteiger partial charge in [-0.1, -0.05) is 17.8 Å². The molecule has 1 aromatic carbocycles. The predicted molar refractivity (Wildman–Crippen MR) is 86.1 cm³/mol. The van der Waals surface area contributed by atoms with Crippen LogP contribution in [0.2, 0.25) is 0 Å². The minimum Gasteiger partial charge on any atom is -0.306 e. The second kappa shape index (κ2) is 6.43. The summed E-state index contributed by atoms with van der Waals surface area (Å²) in [5.41, 5.74) is 4.21. The molecular weight excluding hydrogens is 282 g/mol. The minimum atomic E-state index is 0.138. The lowest BCUT2D eigenvalue weighted by molar-refractivity contribution is 0.102. The molecule has 0 bridgehead atoms. The van der Waals surface area contributed by atoms with Crippen molar-refractivity contribution in [3.63, 3.8) is 0 Å². The molecule has 0 saturated carbocycles. The highest BCUT2D eigenvalue weighted by Gasteiger charge is 2.14. The van der Waals surface area contributed by atoms with Gasteiger partial charge in [-0.05, 0) is 57.4 Å². The fourth-order valence-electron chi connectivity index (χ4n) is 2.16. The average molecular weight is 303 g/mol. The van der Waals surface area contributed by atoms with Crippen molar-refractivity contribution in [2.75, 3.05) is 5.75 Å². The number of carbonyl (C=O) groups excluding carboxylic acids is 1. The highest BCUT2D eigenvalue weighted by Crippen LogP contribution is 2.22. The summed E-state index contributed by atoms with van der Waals surface area (Å²) in [6, 6.07) is 4.35. The number of ketones is 1. The Bertz CT molecular complexity index is 662. The van der Waals surface area contributed by atoms with Gasteiger partial charge in [-0.15, -0.1) is 10.2 Å². The molecule has 0 radical (unpaired) electrons. The number of Topliss-reactive ketones (excluding diaryl/α,β-unsaturated/α-hetero) is 1. The third-order valence-electron chi connectivity index (χ3n) is 3.57. The van der Waals surface area contributed by atoms with Crippen LogP contribution in [-0.4, -0.2) is 26.3 Å². The summed E-state index contributed by atoms with van der Waals surface area (Å²) in [6.07, 6.45) is 1.71. The number of benzene rings is 1. The number of nitrogens with zero attached hydrogens (tertiary/aromatic N) is 3. The fourth-order valence-corrected chi connectivity index (χ4v) is 3.09. The maximum atomic E-state index is 12.4. The summed E-state index contributed by atoms with van der Waals surface area (Å²) in [7, 11) is 0. The van der Waals surface area contributed by atoms with Crippen LogP contribution in [0.3, 0.4) is 0 Å². The maximum Gasteiger partial charge on any atom is 0.191 e. The molecular formula is C16H21N3OS. The molecule has 112 valence electrons. The van der Waals surface area contributed by atoms with Gasteiger partial charge in [0.1, 0.15) is 6.33 Å². The van der Waals surface area contributed by atoms with E-state index in [2.05, 4.69) is 37.0 Å². The van der Waals surface area contributed by atoms with Gasteiger partial charge in [-0.3, -0.25) is 4.79 Å². The third-order valence-corrected chi connectivity index (χ3v) is 4.53. The Morgan fingerprint density at radius 2 is 1.86 bits per heavy atom. The molecule has 0 unspecified atom stereocenters. The first-order chi connectivity index (χ1) is 9.90. The van der Waals surface area contributed by atoms with Crippen LogP contribution in [-0.2, 0) is 0 Å². The summed E-state index contributed by atoms with van der Waals surface area (Å²) in [5.74, 6) is 0.522. The SMILES string of the molecule is Cc1cc(C)c(C(=O)CSc2nncn2C(C)C)cc1C. The van der Waals surface area contributed by atoms with E-state index in [0.29, 0.717) is 11.8 Å². The second-order valence-corrected chi connectivity index (χ2v) is 6.52. The van der Waals surface area contributed by atoms with E-state index in [1.807, 2.05) is 24.5 Å². The number of hydrogen-bond acceptors (Lipinski definition) is 4. The van der Waals surface area contributed by atoms with Crippen LogP contribution in [0.15, 0.2) is 23.6 Å². The highest BCUT2D eigenvalue weighted by molar-refractivity contribution is 7.99. The molecule has 0 spiro atoms. The summed E-state index contributed by atoms with van der Waals surface area (Å²) < 4.78 is 1.98. The molecule has 0 aliphatic heterocycles. The van der Waals surface area contributed by atoms with Crippen LogP contribution in [0.5, 0.6) is 0 Å². The van der Waals surface area contributed by atoms with Crippen molar-refractivity contribution in [3.8, 4) is 0 Å². The van der Waals surface area contributed by atoms with E-state index in [1.165, 1.54) is 17.3 Å². The molecule has 1 heterocycles. The van der Waals surface area contributed by atoms with Crippen LogP contribution < -0.4 is 0 Å². The molecule has 1 aromatic heterocycles. The number of carbonyl (C=O) groups is 1. The van der Waals surface area contributed by atoms with E-state index in [9.17, 15) is 4.79 Å². The van der Waals surface area contributed by atoms with Crippen molar-refractivity contribution in [2.24, 2.45) is 0 Å². The van der Waals surface area contributed by atoms with Gasteiger partial charge < -0.3 is 4.57 Å². The van der Waals surface area contributed by atoms with Gasteiger partial charge in [-0.2, -0.15) is 0 Å². The fraction of sp³-hybridized carbons (Fsp3) is 0.438. The number of aromatic nitrogens is 3. The largest absolute Gasteiger partial charge is 0.306 e. The van der Waals surface area contributed by atoms with Crippen molar-refractivity contribution in [1.82, 2.24) is 14.8 Å². The zero-order valence-corrected chi connectivity index (χ0v) is 14.0. The Morgan fingerprint density at radius 3 is 2.52 bits per heavy atom. The van der Waals surface area contributed by atoms with Crippen molar-refractivity contribution in [2.45, 2.75) is 45.8 Å². The maximum absolute atomic E-state index is 12.4. The molecule has 0 N–H and O–H groups in total. The summed E-state index contributed by atoms with van der Waals surface area (Å²) in [5, 5.41) is 8.79. The van der Waals surface area contributed by atoms with Gasteiger partial charge in [0.05, 0.1) is 5.75 Å². The zero-order chi connectivity index (χ0) is 15.6. The number of thioether (sulfide) groups is 1. The molecule has 2 rings (SSSR count). The van der Waals surface area contributed by atoms with E-state index in [4.69, 9.17) is 0 Å². The quantitative estimate of drug-likeness (QED) is 0.623. The van der Waals surface area contributed by atoms with Crippen LogP contribution >= 0.6 is 11.8 Å². The summed E-state index contributed by atoms with van der Waals surface area (Å²) in [4.78, 5) is 12.4. The van der Waals surface area contributed by atoms with E-state index < -0.39 is 0 Å². The predicted octanol–water partition coefficient (Wildman–Crippen LogP) is 3.76. The van der Waals surface area contributed by atoms with E-state index >= 15 is 0 Å². The lowest BCUT2D eigenvalue weighted by atomic mass is 9.99. The van der Waals surface area contributed by atoms with Crippen molar-refractivity contribution < 1.29 is 4.79 Å². The highest BCUT2D eigenvalue weighted by atomic mass is 32.2. The monoisotopic (exact) mass is 303 g/mol. The standard InChI is InChI=1S/C16H21N3OS/c1-10(2)19-9-17-18-16(19)21-8-15(20)14-7-12(4)11(3)6-13(14)5/h6-7,9-10H,8H2,1-5H3. The van der Waals surface area contributed by atoms with E-state index in [0.717, 1.165) is 21.8 Å². The van der Waals surface area contributed by atoms with Gasteiger partial charge in [0.15, 0.2) is 10.9 Å². The van der Waals surface area contributed by atoms with E-state index in [1.54, 1.807) is 6.33 Å². The molecule has 21 heavy (non-hydrogen) atoms. The molecule has 0 aliphatic rings. The Hall–Kier alpha value is -1.62. The van der Waals surface area contributed by atoms with Gasteiger partial charge in [-0.25, -0.2) is 0 Å². The van der Waals surface area contributed by atoms with Crippen molar-refractivity contribution >= 4 is 17.5 Å². The number of hydrogen-bond donors (Lipinski definition) is 0. The number of rotatable bonds is 5. The summed E-state index contributed by atoms with van der Waals surface area (Å²) >= 11 is 1.44. The molecule has 0 saturated heterocycles. The Labute approximate surface area is 130 Å². The van der Waals surface area contributed by atoms with Crippen LogP contribution in [0, 0.1) is 20.8 Å². The number of aryl methyl sites for hydroxylation is 3. The zero-order valence-electron chi connectivity index (χ0n) is 13.2. The molecule has 5 heteroatoms. The third kappa shape index (κ3) is 3.53. The second-order valence-electron chi connectivity index (χ2n) is 5.58. The Balaban J connectivity index is 2.12. The van der Waals surface area contributed by atoms with Gasteiger partial charge in [0.25, 0.3) is 0 Å². The first-order valence-corrected chi connectivity index (χ1v) is 8.02. The molecule has 2 aromatic rings. The van der Waals surface area contributed by atoms with E-state index in [-0.39, 0.29) is 5.78 Å². The van der Waals surface area contributed by atoms with Crippen LogP contribution in [0.1, 0.15) is 46.9 Å². The van der Waals surface area contributed by atoms with Crippen molar-refractivity contribution in [3.05, 3.63) is 40.7 Å². The lowest BCUT2D eigenvalue weighted by Gasteiger charge is -2.10. The van der Waals surface area contributed by atoms with Gasteiger partial charge in [0, 0.05) is 11.6 Å². The molecule has 0 atom stereocenters. The average Bonchev–Trinajstić information content (AvgIpc) is 2.88. The molecule has 0 aliphatic carbocycles. The molecule has 0 amide bonds. The van der Waals surface area contributed by atoms with Crippen LogP contribution in [0.4, 0.5) is 0 Å². The smallest absolute Gasteiger partial charge is 0.191 e. The minimum absolute atomic E-state index is 0.138. The van der Waals surface area contributed by atoms with Gasteiger partial charge >= 0.3 is 0 Å². The first kappa shape index (κ1) is 15.8.